The lowest BCUT2D eigenvalue weighted by Crippen LogP contribution is -2.37. The van der Waals surface area contributed by atoms with Crippen molar-refractivity contribution in [1.29, 1.82) is 0 Å². The molecule has 0 bridgehead atoms. The van der Waals surface area contributed by atoms with E-state index in [1.165, 1.54) is 22.3 Å². The van der Waals surface area contributed by atoms with Gasteiger partial charge in [-0.3, -0.25) is 11.3 Å². The summed E-state index contributed by atoms with van der Waals surface area (Å²) in [6.45, 7) is 11.2. The molecule has 0 saturated heterocycles. The van der Waals surface area contributed by atoms with Gasteiger partial charge in [-0.2, -0.15) is 0 Å². The molecule has 1 aromatic rings. The molecular weight excluding hydrogens is 256 g/mol. The summed E-state index contributed by atoms with van der Waals surface area (Å²) in [6.07, 6.45) is 9.12. The van der Waals surface area contributed by atoms with Crippen molar-refractivity contribution in [3.05, 3.63) is 34.4 Å². The van der Waals surface area contributed by atoms with Crippen LogP contribution in [0.2, 0.25) is 0 Å². The molecule has 21 heavy (non-hydrogen) atoms. The maximum absolute atomic E-state index is 5.70. The molecule has 116 valence electrons. The summed E-state index contributed by atoms with van der Waals surface area (Å²) in [4.78, 5) is 0. The Kier molecular flexibility index (Phi) is 6.45. The molecule has 2 nitrogen and oxygen atoms in total. The fourth-order valence-electron chi connectivity index (χ4n) is 2.69. The van der Waals surface area contributed by atoms with Gasteiger partial charge in [-0.05, 0) is 60.8 Å². The lowest BCUT2D eigenvalue weighted by molar-refractivity contribution is 0.478. The van der Waals surface area contributed by atoms with Crippen molar-refractivity contribution >= 4 is 0 Å². The summed E-state index contributed by atoms with van der Waals surface area (Å²) in [7, 11) is 0. The van der Waals surface area contributed by atoms with Gasteiger partial charge in [-0.1, -0.05) is 32.9 Å². The minimum Gasteiger partial charge on any atom is -0.271 e. The van der Waals surface area contributed by atoms with Crippen LogP contribution < -0.4 is 11.3 Å². The molecule has 2 heteroatoms. The number of hydrazine groups is 1. The van der Waals surface area contributed by atoms with E-state index in [2.05, 4.69) is 58.1 Å². The first-order valence-electron chi connectivity index (χ1n) is 7.79. The highest BCUT2D eigenvalue weighted by Crippen LogP contribution is 2.27. The van der Waals surface area contributed by atoms with Crippen molar-refractivity contribution in [2.75, 3.05) is 0 Å². The Hall–Kier alpha value is -1.30. The number of rotatable bonds is 6. The van der Waals surface area contributed by atoms with E-state index < -0.39 is 0 Å². The SMILES string of the molecule is C#CCCCC(Cc1c(C)cc(C(C)(C)C)cc1C)NN. The van der Waals surface area contributed by atoms with Crippen LogP contribution >= 0.6 is 0 Å². The van der Waals surface area contributed by atoms with Crippen LogP contribution in [0.4, 0.5) is 0 Å². The molecular formula is C19H30N2. The summed E-state index contributed by atoms with van der Waals surface area (Å²) in [5, 5.41) is 0. The van der Waals surface area contributed by atoms with Crippen molar-refractivity contribution < 1.29 is 0 Å². The van der Waals surface area contributed by atoms with Crippen molar-refractivity contribution in [1.82, 2.24) is 5.43 Å². The number of hydrogen-bond acceptors (Lipinski definition) is 2. The molecule has 1 unspecified atom stereocenters. The molecule has 1 atom stereocenters. The number of hydrogen-bond donors (Lipinski definition) is 2. The average Bonchev–Trinajstić information content (AvgIpc) is 2.39. The zero-order valence-corrected chi connectivity index (χ0v) is 14.2. The highest BCUT2D eigenvalue weighted by atomic mass is 15.2. The summed E-state index contributed by atoms with van der Waals surface area (Å²) in [6, 6.07) is 4.92. The first-order chi connectivity index (χ1) is 9.79. The predicted molar refractivity (Wildman–Crippen MR) is 92.1 cm³/mol. The third-order valence-corrected chi connectivity index (χ3v) is 4.12. The summed E-state index contributed by atoms with van der Waals surface area (Å²) >= 11 is 0. The van der Waals surface area contributed by atoms with E-state index in [0.717, 1.165) is 25.7 Å². The van der Waals surface area contributed by atoms with Crippen LogP contribution in [0, 0.1) is 26.2 Å². The van der Waals surface area contributed by atoms with E-state index in [1.807, 2.05) is 0 Å². The van der Waals surface area contributed by atoms with Crippen LogP contribution in [-0.2, 0) is 11.8 Å². The molecule has 1 rings (SSSR count). The molecule has 0 aromatic heterocycles. The minimum absolute atomic E-state index is 0.187. The Bertz CT molecular complexity index is 480. The number of nitrogens with two attached hydrogens (primary N) is 1. The van der Waals surface area contributed by atoms with Gasteiger partial charge in [-0.15, -0.1) is 12.3 Å². The second-order valence-electron chi connectivity index (χ2n) is 7.00. The molecule has 1 aromatic carbocycles. The van der Waals surface area contributed by atoms with Crippen molar-refractivity contribution in [2.24, 2.45) is 5.84 Å². The zero-order chi connectivity index (χ0) is 16.0. The monoisotopic (exact) mass is 286 g/mol. The number of benzene rings is 1. The third kappa shape index (κ3) is 5.19. The molecule has 3 N–H and O–H groups in total. The normalized spacial score (nSPS) is 13.0. The maximum Gasteiger partial charge on any atom is 0.0251 e. The van der Waals surface area contributed by atoms with E-state index in [0.29, 0.717) is 0 Å². The van der Waals surface area contributed by atoms with Gasteiger partial charge >= 0.3 is 0 Å². The van der Waals surface area contributed by atoms with Crippen LogP contribution in [0.3, 0.4) is 0 Å². The van der Waals surface area contributed by atoms with Crippen LogP contribution in [0.1, 0.15) is 62.3 Å². The molecule has 0 fully saturated rings. The molecule has 0 saturated carbocycles. The molecule has 0 heterocycles. The first-order valence-corrected chi connectivity index (χ1v) is 7.79. The Labute approximate surface area is 130 Å². The van der Waals surface area contributed by atoms with Gasteiger partial charge in [0.1, 0.15) is 0 Å². The second kappa shape index (κ2) is 7.64. The molecule has 0 radical (unpaired) electrons. The van der Waals surface area contributed by atoms with Crippen LogP contribution in [0.25, 0.3) is 0 Å². The van der Waals surface area contributed by atoms with Gasteiger partial charge in [0, 0.05) is 12.5 Å². The maximum atomic E-state index is 5.70. The van der Waals surface area contributed by atoms with E-state index in [-0.39, 0.29) is 11.5 Å². The number of nitrogens with one attached hydrogen (secondary N) is 1. The molecule has 0 spiro atoms. The van der Waals surface area contributed by atoms with Crippen LogP contribution in [-0.4, -0.2) is 6.04 Å². The first kappa shape index (κ1) is 17.8. The summed E-state index contributed by atoms with van der Waals surface area (Å²) in [5.41, 5.74) is 8.65. The summed E-state index contributed by atoms with van der Waals surface area (Å²) in [5.74, 6) is 8.39. The van der Waals surface area contributed by atoms with Gasteiger partial charge in [-0.25, -0.2) is 0 Å². The highest BCUT2D eigenvalue weighted by molar-refractivity contribution is 5.40. The minimum atomic E-state index is 0.187. The third-order valence-electron chi connectivity index (χ3n) is 4.12. The molecule has 0 aliphatic heterocycles. The predicted octanol–water partition coefficient (Wildman–Crippen LogP) is 3.78. The van der Waals surface area contributed by atoms with Gasteiger partial charge in [0.25, 0.3) is 0 Å². The number of unbranched alkanes of at least 4 members (excludes halogenated alkanes) is 1. The summed E-state index contributed by atoms with van der Waals surface area (Å²) < 4.78 is 0. The van der Waals surface area contributed by atoms with E-state index in [9.17, 15) is 0 Å². The Balaban J connectivity index is 2.90. The molecule has 0 amide bonds. The fraction of sp³-hybridized carbons (Fsp3) is 0.579. The van der Waals surface area contributed by atoms with Gasteiger partial charge in [0.15, 0.2) is 0 Å². The highest BCUT2D eigenvalue weighted by Gasteiger charge is 2.17. The van der Waals surface area contributed by atoms with E-state index in [4.69, 9.17) is 12.3 Å². The van der Waals surface area contributed by atoms with Crippen molar-refractivity contribution in [3.8, 4) is 12.3 Å². The topological polar surface area (TPSA) is 38.0 Å². The fourth-order valence-corrected chi connectivity index (χ4v) is 2.69. The van der Waals surface area contributed by atoms with Crippen molar-refractivity contribution in [3.63, 3.8) is 0 Å². The molecule has 0 aliphatic rings. The average molecular weight is 286 g/mol. The smallest absolute Gasteiger partial charge is 0.0251 e. The Morgan fingerprint density at radius 1 is 1.24 bits per heavy atom. The van der Waals surface area contributed by atoms with Gasteiger partial charge in [0.05, 0.1) is 0 Å². The largest absolute Gasteiger partial charge is 0.271 e. The zero-order valence-electron chi connectivity index (χ0n) is 14.2. The standard InChI is InChI=1S/C19H30N2/c1-7-8-9-10-17(21-20)13-18-14(2)11-16(12-15(18)3)19(4,5)6/h1,11-12,17,21H,8-10,13,20H2,2-6H3. The second-order valence-corrected chi connectivity index (χ2v) is 7.00. The van der Waals surface area contributed by atoms with Crippen LogP contribution in [0.15, 0.2) is 12.1 Å². The Morgan fingerprint density at radius 3 is 2.24 bits per heavy atom. The number of terminal acetylenes is 1. The van der Waals surface area contributed by atoms with Crippen LogP contribution in [0.5, 0.6) is 0 Å². The van der Waals surface area contributed by atoms with Gasteiger partial charge < -0.3 is 0 Å². The van der Waals surface area contributed by atoms with Crippen molar-refractivity contribution in [2.45, 2.75) is 71.8 Å². The number of aryl methyl sites for hydroxylation is 2. The lowest BCUT2D eigenvalue weighted by Gasteiger charge is -2.24. The lowest BCUT2D eigenvalue weighted by atomic mass is 9.82. The Morgan fingerprint density at radius 2 is 1.81 bits per heavy atom. The quantitative estimate of drug-likeness (QED) is 0.361. The van der Waals surface area contributed by atoms with E-state index in [1.54, 1.807) is 0 Å². The molecule has 0 aliphatic carbocycles. The van der Waals surface area contributed by atoms with E-state index >= 15 is 0 Å². The van der Waals surface area contributed by atoms with Gasteiger partial charge in [0.2, 0.25) is 0 Å².